The van der Waals surface area contributed by atoms with E-state index in [9.17, 15) is 0 Å². The molecule has 144 valence electrons. The largest absolute Gasteiger partial charge is 0.470 e. The van der Waals surface area contributed by atoms with Gasteiger partial charge in [0.15, 0.2) is 0 Å². The smallest absolute Gasteiger partial charge is 0.275 e. The Kier molecular flexibility index (Phi) is 5.73. The van der Waals surface area contributed by atoms with E-state index in [4.69, 9.17) is 4.74 Å². The highest BCUT2D eigenvalue weighted by atomic mass is 79.9. The van der Waals surface area contributed by atoms with Crippen LogP contribution in [0.1, 0.15) is 31.6 Å². The number of hydrogen-bond donors (Lipinski definition) is 1. The SMILES string of the molecule is CC(C)C1CNCCC1(CCOc1nc2ccc(Br)nc2s1)c1cnns1. The number of nitrogens with zero attached hydrogens (tertiary/aromatic N) is 4. The summed E-state index contributed by atoms with van der Waals surface area (Å²) in [6, 6.07) is 3.86. The summed E-state index contributed by atoms with van der Waals surface area (Å²) in [5.41, 5.74) is 0.937. The summed E-state index contributed by atoms with van der Waals surface area (Å²) in [6.45, 7) is 7.27. The van der Waals surface area contributed by atoms with E-state index in [1.54, 1.807) is 0 Å². The molecule has 2 atom stereocenters. The van der Waals surface area contributed by atoms with Crippen molar-refractivity contribution in [3.8, 4) is 5.19 Å². The second-order valence-electron chi connectivity index (χ2n) is 7.28. The number of piperidine rings is 1. The lowest BCUT2D eigenvalue weighted by molar-refractivity contribution is 0.121. The van der Waals surface area contributed by atoms with E-state index in [0.717, 1.165) is 40.9 Å². The Morgan fingerprint density at radius 3 is 3.04 bits per heavy atom. The van der Waals surface area contributed by atoms with Crippen molar-refractivity contribution in [1.82, 2.24) is 24.9 Å². The van der Waals surface area contributed by atoms with Crippen LogP contribution in [0.4, 0.5) is 0 Å². The molecule has 4 rings (SSSR count). The van der Waals surface area contributed by atoms with E-state index >= 15 is 0 Å². The van der Waals surface area contributed by atoms with Gasteiger partial charge in [-0.15, -0.1) is 5.10 Å². The summed E-state index contributed by atoms with van der Waals surface area (Å²) < 4.78 is 11.0. The molecule has 0 spiro atoms. The van der Waals surface area contributed by atoms with Gasteiger partial charge in [0.05, 0.1) is 17.7 Å². The van der Waals surface area contributed by atoms with Crippen LogP contribution in [0.5, 0.6) is 5.19 Å². The maximum Gasteiger partial charge on any atom is 0.275 e. The molecular formula is C18H22BrN5OS2. The van der Waals surface area contributed by atoms with Gasteiger partial charge in [-0.1, -0.05) is 29.7 Å². The van der Waals surface area contributed by atoms with Crippen molar-refractivity contribution in [3.05, 3.63) is 27.8 Å². The van der Waals surface area contributed by atoms with Crippen LogP contribution >= 0.6 is 38.8 Å². The van der Waals surface area contributed by atoms with Gasteiger partial charge in [-0.3, -0.25) is 0 Å². The summed E-state index contributed by atoms with van der Waals surface area (Å²) in [5, 5.41) is 8.37. The minimum absolute atomic E-state index is 0.0611. The molecule has 9 heteroatoms. The van der Waals surface area contributed by atoms with Gasteiger partial charge in [0.1, 0.15) is 15.0 Å². The Bertz CT molecular complexity index is 900. The fourth-order valence-corrected chi connectivity index (χ4v) is 6.16. The standard InChI is InChI=1S/C18H22BrN5OS2/c1-11(2)12-9-20-7-5-18(12,14-10-21-24-27-14)6-8-25-17-22-13-3-4-15(19)23-16(13)26-17/h3-4,10-12,20H,5-9H2,1-2H3. The quantitative estimate of drug-likeness (QED) is 0.545. The lowest BCUT2D eigenvalue weighted by Gasteiger charge is -2.45. The number of nitrogens with one attached hydrogen (secondary N) is 1. The van der Waals surface area contributed by atoms with E-state index in [2.05, 4.69) is 54.6 Å². The first kappa shape index (κ1) is 19.2. The molecule has 3 aromatic heterocycles. The molecule has 1 N–H and O–H groups in total. The maximum atomic E-state index is 6.08. The maximum absolute atomic E-state index is 6.08. The molecule has 0 bridgehead atoms. The molecule has 2 unspecified atom stereocenters. The molecule has 0 aromatic carbocycles. The minimum atomic E-state index is 0.0611. The van der Waals surface area contributed by atoms with Crippen molar-refractivity contribution in [3.63, 3.8) is 0 Å². The Morgan fingerprint density at radius 2 is 2.26 bits per heavy atom. The third-order valence-electron chi connectivity index (χ3n) is 5.45. The topological polar surface area (TPSA) is 72.8 Å². The van der Waals surface area contributed by atoms with Gasteiger partial charge in [0, 0.05) is 5.41 Å². The first-order chi connectivity index (χ1) is 13.1. The highest BCUT2D eigenvalue weighted by Gasteiger charge is 2.44. The fourth-order valence-electron chi connectivity index (χ4n) is 4.11. The van der Waals surface area contributed by atoms with Gasteiger partial charge in [-0.2, -0.15) is 0 Å². The molecule has 0 radical (unpaired) electrons. The summed E-state index contributed by atoms with van der Waals surface area (Å²) >= 11 is 6.43. The van der Waals surface area contributed by atoms with Crippen molar-refractivity contribution >= 4 is 49.1 Å². The number of ether oxygens (including phenoxy) is 1. The van der Waals surface area contributed by atoms with Gasteiger partial charge in [0.2, 0.25) is 0 Å². The number of fused-ring (bicyclic) bond motifs is 1. The van der Waals surface area contributed by atoms with Crippen molar-refractivity contribution in [1.29, 1.82) is 0 Å². The molecule has 6 nitrogen and oxygen atoms in total. The average molecular weight is 468 g/mol. The van der Waals surface area contributed by atoms with Crippen molar-refractivity contribution in [2.24, 2.45) is 11.8 Å². The van der Waals surface area contributed by atoms with E-state index < -0.39 is 0 Å². The van der Waals surface area contributed by atoms with Crippen LogP contribution < -0.4 is 10.1 Å². The van der Waals surface area contributed by atoms with Crippen LogP contribution in [0.15, 0.2) is 22.9 Å². The summed E-state index contributed by atoms with van der Waals surface area (Å²) in [7, 11) is 0. The first-order valence-corrected chi connectivity index (χ1v) is 11.5. The fraction of sp³-hybridized carbons (Fsp3) is 0.556. The third kappa shape index (κ3) is 3.87. The zero-order chi connectivity index (χ0) is 18.9. The minimum Gasteiger partial charge on any atom is -0.470 e. The van der Waals surface area contributed by atoms with Crippen LogP contribution in [-0.2, 0) is 5.41 Å². The third-order valence-corrected chi connectivity index (χ3v) is 7.66. The van der Waals surface area contributed by atoms with E-state index in [1.165, 1.54) is 27.7 Å². The Hall–Kier alpha value is -1.16. The molecule has 1 fully saturated rings. The molecule has 1 aliphatic rings. The number of pyridine rings is 1. The molecular weight excluding hydrogens is 446 g/mol. The lowest BCUT2D eigenvalue weighted by Crippen LogP contribution is -2.50. The predicted octanol–water partition coefficient (Wildman–Crippen LogP) is 4.28. The number of aromatic nitrogens is 4. The molecule has 1 aliphatic heterocycles. The summed E-state index contributed by atoms with van der Waals surface area (Å²) in [4.78, 5) is 11.2. The zero-order valence-electron chi connectivity index (χ0n) is 15.3. The molecule has 0 saturated carbocycles. The normalized spacial score (nSPS) is 23.2. The lowest BCUT2D eigenvalue weighted by atomic mass is 9.64. The second-order valence-corrected chi connectivity index (χ2v) is 9.82. The van der Waals surface area contributed by atoms with Gasteiger partial charge < -0.3 is 10.1 Å². The van der Waals surface area contributed by atoms with Crippen molar-refractivity contribution < 1.29 is 4.74 Å². The zero-order valence-corrected chi connectivity index (χ0v) is 18.5. The van der Waals surface area contributed by atoms with Crippen LogP contribution in [0, 0.1) is 11.8 Å². The van der Waals surface area contributed by atoms with E-state index in [1.807, 2.05) is 18.3 Å². The monoisotopic (exact) mass is 467 g/mol. The molecule has 1 saturated heterocycles. The number of hydrogen-bond acceptors (Lipinski definition) is 8. The van der Waals surface area contributed by atoms with Crippen LogP contribution in [-0.4, -0.2) is 39.3 Å². The van der Waals surface area contributed by atoms with Gasteiger partial charge >= 0.3 is 0 Å². The van der Waals surface area contributed by atoms with E-state index in [0.29, 0.717) is 23.6 Å². The van der Waals surface area contributed by atoms with Gasteiger partial charge in [-0.05, 0) is 77.4 Å². The van der Waals surface area contributed by atoms with Crippen LogP contribution in [0.3, 0.4) is 0 Å². The summed E-state index contributed by atoms with van der Waals surface area (Å²) in [6.07, 6.45) is 3.97. The van der Waals surface area contributed by atoms with Crippen LogP contribution in [0.2, 0.25) is 0 Å². The number of thiazole rings is 1. The Balaban J connectivity index is 1.53. The first-order valence-electron chi connectivity index (χ1n) is 9.13. The Labute approximate surface area is 175 Å². The number of halogens is 1. The Morgan fingerprint density at radius 1 is 1.37 bits per heavy atom. The average Bonchev–Trinajstić information content (AvgIpc) is 3.31. The molecule has 0 aliphatic carbocycles. The molecule has 27 heavy (non-hydrogen) atoms. The van der Waals surface area contributed by atoms with Crippen molar-refractivity contribution in [2.75, 3.05) is 19.7 Å². The highest BCUT2D eigenvalue weighted by molar-refractivity contribution is 9.10. The summed E-state index contributed by atoms with van der Waals surface area (Å²) in [5.74, 6) is 1.11. The highest BCUT2D eigenvalue weighted by Crippen LogP contribution is 2.45. The van der Waals surface area contributed by atoms with Crippen LogP contribution in [0.25, 0.3) is 10.3 Å². The molecule has 0 amide bonds. The van der Waals surface area contributed by atoms with Gasteiger partial charge in [-0.25, -0.2) is 9.97 Å². The van der Waals surface area contributed by atoms with Gasteiger partial charge in [0.25, 0.3) is 5.19 Å². The second kappa shape index (κ2) is 8.06. The predicted molar refractivity (Wildman–Crippen MR) is 113 cm³/mol. The molecule has 3 aromatic rings. The molecule has 4 heterocycles. The van der Waals surface area contributed by atoms with E-state index in [-0.39, 0.29) is 5.41 Å². The van der Waals surface area contributed by atoms with Crippen molar-refractivity contribution in [2.45, 2.75) is 32.1 Å². The number of rotatable bonds is 6.